The fourth-order valence-corrected chi connectivity index (χ4v) is 4.30. The van der Waals surface area contributed by atoms with Crippen molar-refractivity contribution in [2.45, 2.75) is 13.5 Å². The van der Waals surface area contributed by atoms with Gasteiger partial charge in [-0.25, -0.2) is 4.79 Å². The van der Waals surface area contributed by atoms with Crippen LogP contribution in [0.2, 0.25) is 0 Å². The highest BCUT2D eigenvalue weighted by Crippen LogP contribution is 2.31. The summed E-state index contributed by atoms with van der Waals surface area (Å²) in [6.45, 7) is 6.21. The third kappa shape index (κ3) is 4.11. The van der Waals surface area contributed by atoms with Crippen LogP contribution >= 0.6 is 11.3 Å². The smallest absolute Gasteiger partial charge is 0.317 e. The number of piperazine rings is 1. The van der Waals surface area contributed by atoms with Crippen molar-refractivity contribution in [2.24, 2.45) is 0 Å². The van der Waals surface area contributed by atoms with E-state index in [0.717, 1.165) is 19.6 Å². The maximum Gasteiger partial charge on any atom is 0.317 e. The zero-order valence-corrected chi connectivity index (χ0v) is 15.5. The van der Waals surface area contributed by atoms with E-state index in [1.165, 1.54) is 20.5 Å². The minimum atomic E-state index is -0.188. The summed E-state index contributed by atoms with van der Waals surface area (Å²) in [5, 5.41) is 6.49. The highest BCUT2D eigenvalue weighted by Gasteiger charge is 2.22. The van der Waals surface area contributed by atoms with E-state index in [1.807, 2.05) is 11.3 Å². The van der Waals surface area contributed by atoms with E-state index >= 15 is 0 Å². The summed E-state index contributed by atoms with van der Waals surface area (Å²) in [5.74, 6) is -0.188. The van der Waals surface area contributed by atoms with Gasteiger partial charge in [-0.15, -0.1) is 11.3 Å². The number of rotatable bonds is 4. The first-order valence-corrected chi connectivity index (χ1v) is 9.33. The van der Waals surface area contributed by atoms with Crippen LogP contribution in [0.15, 0.2) is 24.3 Å². The number of amides is 3. The highest BCUT2D eigenvalue weighted by atomic mass is 32.1. The van der Waals surface area contributed by atoms with Crippen molar-refractivity contribution in [3.05, 3.63) is 34.7 Å². The minimum Gasteiger partial charge on any atom is -0.358 e. The summed E-state index contributed by atoms with van der Waals surface area (Å²) < 4.78 is 1.34. The third-order valence-corrected chi connectivity index (χ3v) is 5.91. The lowest BCUT2D eigenvalue weighted by Gasteiger charge is -2.34. The summed E-state index contributed by atoms with van der Waals surface area (Å²) >= 11 is 1.86. The van der Waals surface area contributed by atoms with Crippen molar-refractivity contribution in [1.29, 1.82) is 0 Å². The average Bonchev–Trinajstić information content (AvgIpc) is 2.96. The first kappa shape index (κ1) is 17.7. The van der Waals surface area contributed by atoms with Crippen molar-refractivity contribution >= 4 is 33.4 Å². The number of nitrogens with one attached hydrogen (secondary N) is 2. The Balaban J connectivity index is 1.53. The maximum absolute atomic E-state index is 12.1. The second kappa shape index (κ2) is 7.84. The van der Waals surface area contributed by atoms with Crippen LogP contribution in [-0.2, 0) is 11.3 Å². The number of aryl methyl sites for hydroxylation is 1. The molecule has 7 heteroatoms. The predicted octanol–water partition coefficient (Wildman–Crippen LogP) is 1.78. The molecule has 1 saturated heterocycles. The minimum absolute atomic E-state index is 0.0243. The quantitative estimate of drug-likeness (QED) is 0.874. The predicted molar refractivity (Wildman–Crippen MR) is 101 cm³/mol. The molecule has 2 aromatic rings. The maximum atomic E-state index is 12.1. The molecule has 134 valence electrons. The number of hydrogen-bond acceptors (Lipinski definition) is 4. The van der Waals surface area contributed by atoms with Crippen LogP contribution in [-0.4, -0.2) is 61.5 Å². The van der Waals surface area contributed by atoms with Gasteiger partial charge >= 0.3 is 6.03 Å². The molecule has 2 N–H and O–H groups in total. The number of urea groups is 1. The topological polar surface area (TPSA) is 64.7 Å². The van der Waals surface area contributed by atoms with Gasteiger partial charge < -0.3 is 15.5 Å². The largest absolute Gasteiger partial charge is 0.358 e. The van der Waals surface area contributed by atoms with Crippen LogP contribution in [0.1, 0.15) is 10.4 Å². The zero-order valence-electron chi connectivity index (χ0n) is 14.7. The Kier molecular flexibility index (Phi) is 5.55. The lowest BCUT2D eigenvalue weighted by atomic mass is 10.1. The molecule has 0 radical (unpaired) electrons. The van der Waals surface area contributed by atoms with Gasteiger partial charge in [0.25, 0.3) is 0 Å². The Labute approximate surface area is 151 Å². The molecule has 0 unspecified atom stereocenters. The summed E-state index contributed by atoms with van der Waals surface area (Å²) in [7, 11) is 1.56. The van der Waals surface area contributed by atoms with Crippen molar-refractivity contribution in [1.82, 2.24) is 20.4 Å². The number of thiophene rings is 1. The van der Waals surface area contributed by atoms with Gasteiger partial charge in [-0.05, 0) is 23.9 Å². The molecule has 3 rings (SSSR count). The first-order valence-electron chi connectivity index (χ1n) is 8.51. The van der Waals surface area contributed by atoms with Crippen molar-refractivity contribution in [3.63, 3.8) is 0 Å². The number of nitrogens with zero attached hydrogens (tertiary/aromatic N) is 2. The highest BCUT2D eigenvalue weighted by molar-refractivity contribution is 7.19. The standard InChI is InChI=1S/C18H24N4O2S/c1-13-14-5-3-4-6-15(14)25-16(13)12-21-7-9-22(10-8-21)18(24)20-11-17(23)19-2/h3-6H,7-12H2,1-2H3,(H,19,23)(H,20,24). The zero-order chi connectivity index (χ0) is 17.8. The molecular formula is C18H24N4O2S. The molecule has 0 atom stereocenters. The van der Waals surface area contributed by atoms with E-state index in [1.54, 1.807) is 11.9 Å². The van der Waals surface area contributed by atoms with Crippen LogP contribution in [0.4, 0.5) is 4.79 Å². The van der Waals surface area contributed by atoms with Crippen LogP contribution in [0, 0.1) is 6.92 Å². The van der Waals surface area contributed by atoms with E-state index < -0.39 is 0 Å². The number of benzene rings is 1. The molecule has 1 aromatic heterocycles. The fraction of sp³-hybridized carbons (Fsp3) is 0.444. The van der Waals surface area contributed by atoms with Gasteiger partial charge in [0.2, 0.25) is 5.91 Å². The van der Waals surface area contributed by atoms with Gasteiger partial charge in [-0.3, -0.25) is 9.69 Å². The molecule has 2 heterocycles. The lowest BCUT2D eigenvalue weighted by molar-refractivity contribution is -0.119. The molecule has 0 aliphatic carbocycles. The number of carbonyl (C=O) groups is 2. The van der Waals surface area contributed by atoms with Crippen molar-refractivity contribution in [3.8, 4) is 0 Å². The number of fused-ring (bicyclic) bond motifs is 1. The van der Waals surface area contributed by atoms with Crippen LogP contribution in [0.25, 0.3) is 10.1 Å². The number of likely N-dealkylation sites (N-methyl/N-ethyl adjacent to an activating group) is 1. The fourth-order valence-electron chi connectivity index (χ4n) is 3.04. The second-order valence-electron chi connectivity index (χ2n) is 6.24. The molecule has 1 fully saturated rings. The van der Waals surface area contributed by atoms with Gasteiger partial charge in [-0.2, -0.15) is 0 Å². The summed E-state index contributed by atoms with van der Waals surface area (Å²) in [4.78, 5) is 28.8. The Morgan fingerprint density at radius 3 is 2.56 bits per heavy atom. The van der Waals surface area contributed by atoms with Crippen molar-refractivity contribution in [2.75, 3.05) is 39.8 Å². The van der Waals surface area contributed by atoms with Gasteiger partial charge in [0.1, 0.15) is 0 Å². The number of hydrogen-bond donors (Lipinski definition) is 2. The van der Waals surface area contributed by atoms with Crippen molar-refractivity contribution < 1.29 is 9.59 Å². The first-order chi connectivity index (χ1) is 12.1. The van der Waals surface area contributed by atoms with Gasteiger partial charge in [0.05, 0.1) is 6.54 Å². The molecule has 0 saturated carbocycles. The lowest BCUT2D eigenvalue weighted by Crippen LogP contribution is -2.52. The Morgan fingerprint density at radius 1 is 1.16 bits per heavy atom. The third-order valence-electron chi connectivity index (χ3n) is 4.65. The molecule has 1 aliphatic rings. The molecule has 1 aliphatic heterocycles. The number of carbonyl (C=O) groups excluding carboxylic acids is 2. The summed E-state index contributed by atoms with van der Waals surface area (Å²) in [5.41, 5.74) is 1.37. The van der Waals surface area contributed by atoms with E-state index in [4.69, 9.17) is 0 Å². The molecular weight excluding hydrogens is 336 g/mol. The van der Waals surface area contributed by atoms with Gasteiger partial charge in [-0.1, -0.05) is 18.2 Å². The van der Waals surface area contributed by atoms with E-state index in [9.17, 15) is 9.59 Å². The normalized spacial score (nSPS) is 15.4. The monoisotopic (exact) mass is 360 g/mol. The molecule has 0 bridgehead atoms. The molecule has 25 heavy (non-hydrogen) atoms. The molecule has 3 amide bonds. The Morgan fingerprint density at radius 2 is 1.88 bits per heavy atom. The van der Waals surface area contributed by atoms with E-state index in [0.29, 0.717) is 13.1 Å². The SMILES string of the molecule is CNC(=O)CNC(=O)N1CCN(Cc2sc3ccccc3c2C)CC1. The van der Waals surface area contributed by atoms with Gasteiger partial charge in [0.15, 0.2) is 0 Å². The van der Waals surface area contributed by atoms with Crippen LogP contribution in [0.3, 0.4) is 0 Å². The van der Waals surface area contributed by atoms with Gasteiger partial charge in [0, 0.05) is 49.3 Å². The molecule has 1 aromatic carbocycles. The van der Waals surface area contributed by atoms with E-state index in [2.05, 4.69) is 46.7 Å². The Hall–Kier alpha value is -2.12. The average molecular weight is 360 g/mol. The van der Waals surface area contributed by atoms with E-state index in [-0.39, 0.29) is 18.5 Å². The summed E-state index contributed by atoms with van der Waals surface area (Å²) in [6, 6.07) is 8.35. The Bertz CT molecular complexity index is 766. The van der Waals surface area contributed by atoms with Crippen LogP contribution in [0.5, 0.6) is 0 Å². The molecule has 6 nitrogen and oxygen atoms in total. The second-order valence-corrected chi connectivity index (χ2v) is 7.38. The summed E-state index contributed by atoms with van der Waals surface area (Å²) in [6.07, 6.45) is 0. The van der Waals surface area contributed by atoms with Crippen LogP contribution < -0.4 is 10.6 Å². The molecule has 0 spiro atoms.